The maximum Gasteiger partial charge on any atom is 0.305 e. The monoisotopic (exact) mass is 472 g/mol. The van der Waals surface area contributed by atoms with Crippen LogP contribution >= 0.6 is 45.2 Å². The summed E-state index contributed by atoms with van der Waals surface area (Å²) in [7, 11) is 0. The number of ether oxygens (including phenoxy) is 4. The van der Waals surface area contributed by atoms with Crippen LogP contribution in [0.4, 0.5) is 0 Å². The van der Waals surface area contributed by atoms with Crippen LogP contribution in [0.25, 0.3) is 0 Å². The molecule has 0 bridgehead atoms. The second kappa shape index (κ2) is 10.3. The third kappa shape index (κ3) is 12.6. The van der Waals surface area contributed by atoms with Gasteiger partial charge in [-0.25, -0.2) is 0 Å². The van der Waals surface area contributed by atoms with Crippen molar-refractivity contribution in [3.63, 3.8) is 0 Å². The Morgan fingerprint density at radius 1 is 1.06 bits per heavy atom. The second-order valence-electron chi connectivity index (χ2n) is 2.85. The molecule has 0 aromatic rings. The number of rotatable bonds is 8. The zero-order chi connectivity index (χ0) is 13.3. The van der Waals surface area contributed by atoms with E-state index in [1.807, 2.05) is 45.2 Å². The van der Waals surface area contributed by atoms with Crippen LogP contribution in [0.15, 0.2) is 0 Å². The Morgan fingerprint density at radius 3 is 2.18 bits per heavy atom. The summed E-state index contributed by atoms with van der Waals surface area (Å²) >= 11 is 3.80. The summed E-state index contributed by atoms with van der Waals surface area (Å²) < 4.78 is 19.0. The van der Waals surface area contributed by atoms with Gasteiger partial charge in [-0.1, -0.05) is 0 Å². The van der Waals surface area contributed by atoms with Gasteiger partial charge in [-0.15, -0.1) is 0 Å². The average Bonchev–Trinajstić information content (AvgIpc) is 2.14. The van der Waals surface area contributed by atoms with Crippen LogP contribution in [0.5, 0.6) is 0 Å². The fourth-order valence-corrected chi connectivity index (χ4v) is 1.98. The third-order valence-electron chi connectivity index (χ3n) is 1.28. The minimum atomic E-state index is -0.613. The molecule has 6 nitrogen and oxygen atoms in total. The molecule has 17 heavy (non-hydrogen) atoms. The molecular weight excluding hydrogens is 458 g/mol. The predicted molar refractivity (Wildman–Crippen MR) is 75.9 cm³/mol. The maximum atomic E-state index is 10.6. The normalized spacial score (nSPS) is 13.9. The lowest BCUT2D eigenvalue weighted by molar-refractivity contribution is -0.158. The van der Waals surface area contributed by atoms with Crippen molar-refractivity contribution in [3.05, 3.63) is 0 Å². The molecule has 0 aromatic heterocycles. The number of esters is 2. The van der Waals surface area contributed by atoms with Crippen molar-refractivity contribution < 1.29 is 28.5 Å². The van der Waals surface area contributed by atoms with Crippen molar-refractivity contribution in [2.45, 2.75) is 22.3 Å². The summed E-state index contributed by atoms with van der Waals surface area (Å²) in [5.41, 5.74) is 0. The molecule has 0 saturated heterocycles. The van der Waals surface area contributed by atoms with E-state index in [1.54, 1.807) is 0 Å². The predicted octanol–water partition coefficient (Wildman–Crippen LogP) is 1.63. The largest absolute Gasteiger partial charge is 0.449 e. The Labute approximate surface area is 127 Å². The van der Waals surface area contributed by atoms with Gasteiger partial charge in [-0.2, -0.15) is 0 Å². The molecule has 0 spiro atoms. The van der Waals surface area contributed by atoms with E-state index >= 15 is 0 Å². The Balaban J connectivity index is 3.39. The molecule has 0 saturated carbocycles. The fraction of sp³-hybridized carbons (Fsp3) is 0.778. The zero-order valence-corrected chi connectivity index (χ0v) is 13.8. The molecule has 0 fully saturated rings. The number of alkyl halides is 2. The van der Waals surface area contributed by atoms with Crippen LogP contribution < -0.4 is 0 Å². The van der Waals surface area contributed by atoms with Gasteiger partial charge in [0, 0.05) is 13.8 Å². The quantitative estimate of drug-likeness (QED) is 0.176. The smallest absolute Gasteiger partial charge is 0.305 e. The lowest BCUT2D eigenvalue weighted by atomic mass is 10.7. The number of halogens is 2. The van der Waals surface area contributed by atoms with Gasteiger partial charge in [-0.3, -0.25) is 9.59 Å². The van der Waals surface area contributed by atoms with Crippen molar-refractivity contribution >= 4 is 57.1 Å². The topological polar surface area (TPSA) is 71.1 Å². The first-order chi connectivity index (χ1) is 7.91. The summed E-state index contributed by atoms with van der Waals surface area (Å²) in [6.45, 7) is 3.58. The molecule has 0 aromatic carbocycles. The molecule has 100 valence electrons. The highest BCUT2D eigenvalue weighted by molar-refractivity contribution is 14.1. The zero-order valence-electron chi connectivity index (χ0n) is 9.48. The second-order valence-corrected chi connectivity index (χ2v) is 5.26. The lowest BCUT2D eigenvalue weighted by Crippen LogP contribution is -2.19. The highest BCUT2D eigenvalue weighted by atomic mass is 127. The molecule has 0 rings (SSSR count). The molecule has 8 heteroatoms. The van der Waals surface area contributed by atoms with Gasteiger partial charge in [0.1, 0.15) is 0 Å². The van der Waals surface area contributed by atoms with Gasteiger partial charge in [0.25, 0.3) is 4.30 Å². The van der Waals surface area contributed by atoms with Gasteiger partial charge in [0.2, 0.25) is 0 Å². The third-order valence-corrected chi connectivity index (χ3v) is 2.51. The Hall–Kier alpha value is 0.320. The van der Waals surface area contributed by atoms with Gasteiger partial charge < -0.3 is 18.9 Å². The van der Waals surface area contributed by atoms with Gasteiger partial charge >= 0.3 is 11.9 Å². The van der Waals surface area contributed by atoms with E-state index in [1.165, 1.54) is 13.8 Å². The molecule has 0 amide bonds. The van der Waals surface area contributed by atoms with E-state index in [2.05, 4.69) is 0 Å². The summed E-state index contributed by atoms with van der Waals surface area (Å²) in [5.74, 6) is -0.737. The van der Waals surface area contributed by atoms with E-state index < -0.39 is 10.3 Å². The summed E-state index contributed by atoms with van der Waals surface area (Å²) in [6, 6.07) is 0. The van der Waals surface area contributed by atoms with Crippen LogP contribution in [0.1, 0.15) is 13.8 Å². The van der Waals surface area contributed by atoms with Gasteiger partial charge in [0.05, 0.1) is 19.8 Å². The van der Waals surface area contributed by atoms with E-state index in [-0.39, 0.29) is 10.1 Å². The van der Waals surface area contributed by atoms with E-state index in [9.17, 15) is 9.59 Å². The summed E-state index contributed by atoms with van der Waals surface area (Å²) in [5, 5.41) is 0. The van der Waals surface area contributed by atoms with Crippen LogP contribution in [0, 0.1) is 0 Å². The first-order valence-corrected chi connectivity index (χ1v) is 7.23. The van der Waals surface area contributed by atoms with Crippen molar-refractivity contribution in [2.24, 2.45) is 0 Å². The first-order valence-electron chi connectivity index (χ1n) is 4.73. The Bertz CT molecular complexity index is 224. The summed E-state index contributed by atoms with van der Waals surface area (Å²) in [4.78, 5) is 21.1. The van der Waals surface area contributed by atoms with Crippen LogP contribution in [-0.2, 0) is 28.5 Å². The molecule has 0 aliphatic carbocycles. The molecule has 0 N–H and O–H groups in total. The van der Waals surface area contributed by atoms with Crippen molar-refractivity contribution in [1.82, 2.24) is 0 Å². The van der Waals surface area contributed by atoms with Gasteiger partial charge in [0.15, 0.2) is 4.11 Å². The van der Waals surface area contributed by atoms with Crippen molar-refractivity contribution in [2.75, 3.05) is 19.8 Å². The first kappa shape index (κ1) is 17.3. The highest BCUT2D eigenvalue weighted by Crippen LogP contribution is 2.06. The van der Waals surface area contributed by atoms with E-state index in [0.717, 1.165) is 0 Å². The standard InChI is InChI=1S/C9H14I2O6/c1-6(12)16-8(10)5-14-3-4-15-9(11)17-7(2)13/h8-9H,3-5H2,1-2H3. The average molecular weight is 472 g/mol. The van der Waals surface area contributed by atoms with Crippen molar-refractivity contribution in [3.8, 4) is 0 Å². The summed E-state index contributed by atoms with van der Waals surface area (Å²) in [6.07, 6.45) is 0. The van der Waals surface area contributed by atoms with Crippen LogP contribution in [-0.4, -0.2) is 40.2 Å². The number of hydrogen-bond donors (Lipinski definition) is 0. The molecule has 2 atom stereocenters. The molecule has 0 heterocycles. The molecular formula is C9H14I2O6. The molecule has 0 radical (unpaired) electrons. The number of hydrogen-bond acceptors (Lipinski definition) is 6. The minimum Gasteiger partial charge on any atom is -0.449 e. The van der Waals surface area contributed by atoms with Gasteiger partial charge in [-0.05, 0) is 45.2 Å². The number of carbonyl (C=O) groups is 2. The number of carbonyl (C=O) groups excluding carboxylic acids is 2. The van der Waals surface area contributed by atoms with Crippen LogP contribution in [0.2, 0.25) is 0 Å². The molecule has 0 aliphatic rings. The molecule has 0 aliphatic heterocycles. The highest BCUT2D eigenvalue weighted by Gasteiger charge is 2.08. The fourth-order valence-electron chi connectivity index (χ4n) is 0.754. The van der Waals surface area contributed by atoms with Crippen molar-refractivity contribution in [1.29, 1.82) is 0 Å². The lowest BCUT2D eigenvalue weighted by Gasteiger charge is -2.13. The Kier molecular flexibility index (Phi) is 10.5. The minimum absolute atomic E-state index is 0.295. The molecule has 2 unspecified atom stereocenters. The SMILES string of the molecule is CC(=O)OC(I)COCCOC(I)OC(C)=O. The van der Waals surface area contributed by atoms with Crippen LogP contribution in [0.3, 0.4) is 0 Å². The Morgan fingerprint density at radius 2 is 1.65 bits per heavy atom. The van der Waals surface area contributed by atoms with E-state index in [4.69, 9.17) is 18.9 Å². The maximum absolute atomic E-state index is 10.6. The van der Waals surface area contributed by atoms with E-state index in [0.29, 0.717) is 19.8 Å².